The van der Waals surface area contributed by atoms with Crippen LogP contribution in [0.25, 0.3) is 0 Å². The largest absolute Gasteiger partial charge is 0.393 e. The van der Waals surface area contributed by atoms with E-state index in [4.69, 9.17) is 0 Å². The van der Waals surface area contributed by atoms with Gasteiger partial charge < -0.3 is 10.2 Å². The summed E-state index contributed by atoms with van der Waals surface area (Å²) in [6, 6.07) is 0.853. The van der Waals surface area contributed by atoms with Crippen LogP contribution < -0.4 is 0 Å². The number of hydrogen-bond donors (Lipinski definition) is 2. The number of fused-ring (bicyclic) bond motifs is 8. The van der Waals surface area contributed by atoms with Gasteiger partial charge in [0.05, 0.1) is 12.2 Å². The molecule has 6 rings (SSSR count). The standard InChI is InChI=1S/C27H45NO2/c1-15-4-7-25-16(2)18-5-6-19-20(22(18)14-28(25)13-15)11-23-21(19)12-26(30)24-10-17(29)8-9-27(23,24)3/h15-26,29-30H,4-14H2,1-3H3/t15-,16+,17-,18+,19-,20+,21-,22+,23-,24+,25-,26-,27+/m0/s1. The lowest BCUT2D eigenvalue weighted by Crippen LogP contribution is -2.58. The average Bonchev–Trinajstić information content (AvgIpc) is 3.09. The Labute approximate surface area is 184 Å². The Morgan fingerprint density at radius 2 is 1.53 bits per heavy atom. The molecule has 2 N–H and O–H groups in total. The van der Waals surface area contributed by atoms with Crippen LogP contribution in [-0.4, -0.2) is 46.5 Å². The second-order valence-corrected chi connectivity index (χ2v) is 13.1. The molecule has 3 heteroatoms. The summed E-state index contributed by atoms with van der Waals surface area (Å²) in [5, 5.41) is 21.5. The Morgan fingerprint density at radius 1 is 0.733 bits per heavy atom. The molecule has 0 unspecified atom stereocenters. The number of rotatable bonds is 0. The normalized spacial score (nSPS) is 60.7. The van der Waals surface area contributed by atoms with Crippen molar-refractivity contribution in [2.24, 2.45) is 58.7 Å². The Kier molecular flexibility index (Phi) is 4.91. The topological polar surface area (TPSA) is 43.7 Å². The zero-order valence-corrected chi connectivity index (χ0v) is 19.5. The molecule has 0 aromatic carbocycles. The van der Waals surface area contributed by atoms with Crippen LogP contribution in [-0.2, 0) is 0 Å². The van der Waals surface area contributed by atoms with E-state index in [1.807, 2.05) is 0 Å². The van der Waals surface area contributed by atoms with Crippen molar-refractivity contribution >= 4 is 0 Å². The van der Waals surface area contributed by atoms with Gasteiger partial charge in [0.1, 0.15) is 0 Å². The Morgan fingerprint density at radius 3 is 2.37 bits per heavy atom. The minimum Gasteiger partial charge on any atom is -0.393 e. The average molecular weight is 416 g/mol. The summed E-state index contributed by atoms with van der Waals surface area (Å²) in [7, 11) is 0. The first kappa shape index (κ1) is 20.5. The zero-order valence-electron chi connectivity index (χ0n) is 19.5. The summed E-state index contributed by atoms with van der Waals surface area (Å²) in [4.78, 5) is 2.92. The summed E-state index contributed by atoms with van der Waals surface area (Å²) in [6.07, 6.45) is 10.7. The lowest BCUT2D eigenvalue weighted by molar-refractivity contribution is -0.130. The summed E-state index contributed by atoms with van der Waals surface area (Å²) in [6.45, 7) is 10.3. The van der Waals surface area contributed by atoms with Crippen LogP contribution in [0.2, 0.25) is 0 Å². The maximum atomic E-state index is 11.2. The molecule has 2 saturated heterocycles. The fourth-order valence-electron chi connectivity index (χ4n) is 10.6. The number of hydrogen-bond acceptors (Lipinski definition) is 3. The highest BCUT2D eigenvalue weighted by atomic mass is 16.3. The molecule has 4 saturated carbocycles. The summed E-state index contributed by atoms with van der Waals surface area (Å²) >= 11 is 0. The van der Waals surface area contributed by atoms with Crippen LogP contribution in [0.4, 0.5) is 0 Å². The number of nitrogens with zero attached hydrogens (tertiary/aromatic N) is 1. The van der Waals surface area contributed by atoms with E-state index < -0.39 is 0 Å². The third-order valence-electron chi connectivity index (χ3n) is 12.0. The maximum absolute atomic E-state index is 11.2. The molecule has 0 spiro atoms. The lowest BCUT2D eigenvalue weighted by Gasteiger charge is -2.56. The van der Waals surface area contributed by atoms with E-state index in [0.29, 0.717) is 5.92 Å². The highest BCUT2D eigenvalue weighted by Crippen LogP contribution is 2.67. The Bertz CT molecular complexity index is 665. The van der Waals surface area contributed by atoms with Gasteiger partial charge in [0.2, 0.25) is 0 Å². The van der Waals surface area contributed by atoms with E-state index in [9.17, 15) is 10.2 Å². The minimum absolute atomic E-state index is 0.180. The molecule has 6 fully saturated rings. The van der Waals surface area contributed by atoms with Crippen LogP contribution in [0.3, 0.4) is 0 Å². The molecule has 2 heterocycles. The summed E-state index contributed by atoms with van der Waals surface area (Å²) in [5.74, 6) is 7.22. The van der Waals surface area contributed by atoms with E-state index in [0.717, 1.165) is 79.1 Å². The van der Waals surface area contributed by atoms with Crippen molar-refractivity contribution in [1.82, 2.24) is 4.90 Å². The molecule has 0 aromatic heterocycles. The maximum Gasteiger partial charge on any atom is 0.0577 e. The van der Waals surface area contributed by atoms with Gasteiger partial charge in [-0.05, 0) is 116 Å². The molecule has 170 valence electrons. The van der Waals surface area contributed by atoms with E-state index >= 15 is 0 Å². The van der Waals surface area contributed by atoms with Crippen LogP contribution in [0, 0.1) is 58.7 Å². The molecule has 0 aromatic rings. The molecule has 13 atom stereocenters. The van der Waals surface area contributed by atoms with Crippen LogP contribution >= 0.6 is 0 Å². The first-order valence-corrected chi connectivity index (χ1v) is 13.5. The number of aliphatic hydroxyl groups excluding tert-OH is 2. The SMILES string of the molecule is C[C@H]1CC[C@H]2[C@H](C)[C@H]3CC[C@H]4[C@@H](C[C@H]5[C@H]4C[C@H](O)[C@H]4C[C@@H](O)CC[C@@]45C)[C@@H]3CN2C1. The number of aliphatic hydroxyl groups is 2. The summed E-state index contributed by atoms with van der Waals surface area (Å²) in [5.41, 5.74) is 0.261. The van der Waals surface area contributed by atoms with E-state index in [1.54, 1.807) is 0 Å². The Balaban J connectivity index is 1.28. The molecule has 0 bridgehead atoms. The second kappa shape index (κ2) is 7.19. The van der Waals surface area contributed by atoms with E-state index in [2.05, 4.69) is 25.7 Å². The molecule has 3 nitrogen and oxygen atoms in total. The molecule has 2 aliphatic heterocycles. The molecule has 0 radical (unpaired) electrons. The van der Waals surface area contributed by atoms with Gasteiger partial charge in [-0.25, -0.2) is 0 Å². The summed E-state index contributed by atoms with van der Waals surface area (Å²) < 4.78 is 0. The first-order chi connectivity index (χ1) is 14.4. The number of piperidine rings is 2. The van der Waals surface area contributed by atoms with Gasteiger partial charge in [0.15, 0.2) is 0 Å². The monoisotopic (exact) mass is 415 g/mol. The van der Waals surface area contributed by atoms with Gasteiger partial charge in [-0.2, -0.15) is 0 Å². The first-order valence-electron chi connectivity index (χ1n) is 13.5. The zero-order chi connectivity index (χ0) is 20.8. The third-order valence-corrected chi connectivity index (χ3v) is 12.0. The van der Waals surface area contributed by atoms with Crippen LogP contribution in [0.15, 0.2) is 0 Å². The van der Waals surface area contributed by atoms with Crippen molar-refractivity contribution in [2.45, 2.75) is 96.8 Å². The lowest BCUT2D eigenvalue weighted by atomic mass is 9.51. The van der Waals surface area contributed by atoms with Crippen LogP contribution in [0.1, 0.15) is 78.6 Å². The van der Waals surface area contributed by atoms with Gasteiger partial charge in [0.25, 0.3) is 0 Å². The van der Waals surface area contributed by atoms with Crippen molar-refractivity contribution in [3.8, 4) is 0 Å². The highest BCUT2D eigenvalue weighted by Gasteiger charge is 2.62. The van der Waals surface area contributed by atoms with E-state index in [-0.39, 0.29) is 17.6 Å². The van der Waals surface area contributed by atoms with Gasteiger partial charge in [-0.1, -0.05) is 20.8 Å². The van der Waals surface area contributed by atoms with Crippen molar-refractivity contribution < 1.29 is 10.2 Å². The van der Waals surface area contributed by atoms with Crippen molar-refractivity contribution in [2.75, 3.05) is 13.1 Å². The molecular weight excluding hydrogens is 370 g/mol. The Hall–Kier alpha value is -0.120. The van der Waals surface area contributed by atoms with Gasteiger partial charge in [0, 0.05) is 19.1 Å². The van der Waals surface area contributed by atoms with Crippen molar-refractivity contribution in [1.29, 1.82) is 0 Å². The molecule has 4 aliphatic carbocycles. The van der Waals surface area contributed by atoms with Gasteiger partial charge in [-0.3, -0.25) is 4.90 Å². The molecular formula is C27H45NO2. The second-order valence-electron chi connectivity index (χ2n) is 13.1. The third kappa shape index (κ3) is 2.86. The smallest absolute Gasteiger partial charge is 0.0577 e. The van der Waals surface area contributed by atoms with Crippen molar-refractivity contribution in [3.05, 3.63) is 0 Å². The molecule has 6 aliphatic rings. The van der Waals surface area contributed by atoms with Gasteiger partial charge in [-0.15, -0.1) is 0 Å². The van der Waals surface area contributed by atoms with E-state index in [1.165, 1.54) is 45.2 Å². The predicted octanol–water partition coefficient (Wildman–Crippen LogP) is 4.56. The predicted molar refractivity (Wildman–Crippen MR) is 120 cm³/mol. The van der Waals surface area contributed by atoms with Crippen molar-refractivity contribution in [3.63, 3.8) is 0 Å². The minimum atomic E-state index is -0.181. The molecule has 0 amide bonds. The van der Waals surface area contributed by atoms with Crippen LogP contribution in [0.5, 0.6) is 0 Å². The quantitative estimate of drug-likeness (QED) is 0.609. The van der Waals surface area contributed by atoms with Gasteiger partial charge >= 0.3 is 0 Å². The molecule has 30 heavy (non-hydrogen) atoms. The fraction of sp³-hybridized carbons (Fsp3) is 1.00. The highest BCUT2D eigenvalue weighted by molar-refractivity contribution is 5.12. The fourth-order valence-corrected chi connectivity index (χ4v) is 10.6.